The zero-order valence-electron chi connectivity index (χ0n) is 10.4. The summed E-state index contributed by atoms with van der Waals surface area (Å²) < 4.78 is 1.48. The third-order valence-electron chi connectivity index (χ3n) is 2.86. The highest BCUT2D eigenvalue weighted by Gasteiger charge is 2.23. The SMILES string of the molecule is O=[N+]([O-])c1cnn(-c2ccccn2)c1-c1ccccc1. The molecule has 0 radical (unpaired) electrons. The van der Waals surface area contributed by atoms with Gasteiger partial charge in [0.25, 0.3) is 0 Å². The lowest BCUT2D eigenvalue weighted by Gasteiger charge is -2.05. The van der Waals surface area contributed by atoms with Crippen molar-refractivity contribution in [1.29, 1.82) is 0 Å². The molecule has 2 aromatic heterocycles. The van der Waals surface area contributed by atoms with Gasteiger partial charge in [0.1, 0.15) is 6.20 Å². The zero-order valence-corrected chi connectivity index (χ0v) is 10.4. The van der Waals surface area contributed by atoms with Crippen LogP contribution < -0.4 is 0 Å². The molecule has 6 heteroatoms. The average molecular weight is 266 g/mol. The summed E-state index contributed by atoms with van der Waals surface area (Å²) in [6.07, 6.45) is 2.87. The van der Waals surface area contributed by atoms with Crippen LogP contribution in [0.3, 0.4) is 0 Å². The topological polar surface area (TPSA) is 73.8 Å². The van der Waals surface area contributed by atoms with Crippen LogP contribution in [0.2, 0.25) is 0 Å². The highest BCUT2D eigenvalue weighted by Crippen LogP contribution is 2.30. The maximum absolute atomic E-state index is 11.2. The third kappa shape index (κ3) is 2.03. The van der Waals surface area contributed by atoms with E-state index in [2.05, 4.69) is 10.1 Å². The van der Waals surface area contributed by atoms with Crippen LogP contribution in [-0.4, -0.2) is 19.7 Å². The number of nitrogens with zero attached hydrogens (tertiary/aromatic N) is 4. The van der Waals surface area contributed by atoms with Gasteiger partial charge >= 0.3 is 5.69 Å². The van der Waals surface area contributed by atoms with Gasteiger partial charge in [-0.15, -0.1) is 0 Å². The molecule has 0 unspecified atom stereocenters. The van der Waals surface area contributed by atoms with Crippen LogP contribution in [0.15, 0.2) is 60.9 Å². The molecule has 2 heterocycles. The second-order valence-corrected chi connectivity index (χ2v) is 4.10. The first-order chi connectivity index (χ1) is 9.77. The second-order valence-electron chi connectivity index (χ2n) is 4.10. The molecule has 0 saturated carbocycles. The zero-order chi connectivity index (χ0) is 13.9. The van der Waals surface area contributed by atoms with Crippen molar-refractivity contribution in [1.82, 2.24) is 14.8 Å². The predicted octanol–water partition coefficient (Wildman–Crippen LogP) is 2.84. The lowest BCUT2D eigenvalue weighted by molar-refractivity contribution is -0.384. The monoisotopic (exact) mass is 266 g/mol. The molecule has 98 valence electrons. The van der Waals surface area contributed by atoms with Gasteiger partial charge in [0.05, 0.1) is 4.92 Å². The first-order valence-corrected chi connectivity index (χ1v) is 5.96. The minimum Gasteiger partial charge on any atom is -0.258 e. The highest BCUT2D eigenvalue weighted by atomic mass is 16.6. The van der Waals surface area contributed by atoms with Crippen LogP contribution in [-0.2, 0) is 0 Å². The van der Waals surface area contributed by atoms with Crippen LogP contribution >= 0.6 is 0 Å². The Labute approximate surface area is 114 Å². The van der Waals surface area contributed by atoms with Gasteiger partial charge in [0.2, 0.25) is 0 Å². The lowest BCUT2D eigenvalue weighted by Crippen LogP contribution is -2.02. The van der Waals surface area contributed by atoms with Crippen molar-refractivity contribution in [2.24, 2.45) is 0 Å². The average Bonchev–Trinajstić information content (AvgIpc) is 2.94. The van der Waals surface area contributed by atoms with Crippen molar-refractivity contribution in [2.75, 3.05) is 0 Å². The number of hydrogen-bond donors (Lipinski definition) is 0. The van der Waals surface area contributed by atoms with Crippen LogP contribution in [0.1, 0.15) is 0 Å². The van der Waals surface area contributed by atoms with Crippen LogP contribution in [0.4, 0.5) is 5.69 Å². The number of hydrogen-bond acceptors (Lipinski definition) is 4. The summed E-state index contributed by atoms with van der Waals surface area (Å²) in [5.41, 5.74) is 1.11. The van der Waals surface area contributed by atoms with Crippen molar-refractivity contribution in [3.8, 4) is 17.1 Å². The third-order valence-corrected chi connectivity index (χ3v) is 2.86. The first-order valence-electron chi connectivity index (χ1n) is 5.96. The van der Waals surface area contributed by atoms with Crippen molar-refractivity contribution < 1.29 is 4.92 Å². The fourth-order valence-electron chi connectivity index (χ4n) is 1.99. The smallest absolute Gasteiger partial charge is 0.258 e. The molecule has 0 amide bonds. The fourth-order valence-corrected chi connectivity index (χ4v) is 1.99. The second kappa shape index (κ2) is 4.93. The molecule has 6 nitrogen and oxygen atoms in total. The van der Waals surface area contributed by atoms with Crippen LogP contribution in [0, 0.1) is 10.1 Å². The van der Waals surface area contributed by atoms with Crippen molar-refractivity contribution in [3.63, 3.8) is 0 Å². The molecule has 0 fully saturated rings. The fraction of sp³-hybridized carbons (Fsp3) is 0. The van der Waals surface area contributed by atoms with Gasteiger partial charge in [-0.3, -0.25) is 10.1 Å². The molecule has 0 aliphatic heterocycles. The summed E-state index contributed by atoms with van der Waals surface area (Å²) in [5, 5.41) is 15.3. The van der Waals surface area contributed by atoms with E-state index in [9.17, 15) is 10.1 Å². The van der Waals surface area contributed by atoms with E-state index in [1.54, 1.807) is 18.3 Å². The molecule has 0 aliphatic rings. The Bertz CT molecular complexity index is 738. The molecule has 0 spiro atoms. The Morgan fingerprint density at radius 2 is 1.80 bits per heavy atom. The van der Waals surface area contributed by atoms with Gasteiger partial charge in [-0.25, -0.2) is 9.67 Å². The van der Waals surface area contributed by atoms with Gasteiger partial charge < -0.3 is 0 Å². The minimum absolute atomic E-state index is 0.0400. The van der Waals surface area contributed by atoms with Crippen LogP contribution in [0.25, 0.3) is 17.1 Å². The minimum atomic E-state index is -0.436. The van der Waals surface area contributed by atoms with Gasteiger partial charge in [0, 0.05) is 11.8 Å². The van der Waals surface area contributed by atoms with E-state index < -0.39 is 4.92 Å². The summed E-state index contributed by atoms with van der Waals surface area (Å²) in [5.74, 6) is 0.541. The summed E-state index contributed by atoms with van der Waals surface area (Å²) >= 11 is 0. The Balaban J connectivity index is 2.25. The van der Waals surface area contributed by atoms with Crippen molar-refractivity contribution in [3.05, 3.63) is 71.0 Å². The Morgan fingerprint density at radius 1 is 1.05 bits per heavy atom. The predicted molar refractivity (Wildman–Crippen MR) is 73.4 cm³/mol. The number of pyridine rings is 1. The molecule has 3 aromatic rings. The van der Waals surface area contributed by atoms with E-state index in [0.29, 0.717) is 11.5 Å². The Morgan fingerprint density at radius 3 is 2.45 bits per heavy atom. The van der Waals surface area contributed by atoms with E-state index in [-0.39, 0.29) is 5.69 Å². The highest BCUT2D eigenvalue weighted by molar-refractivity contribution is 5.71. The summed E-state index contributed by atoms with van der Waals surface area (Å²) in [6.45, 7) is 0. The molecule has 0 saturated heterocycles. The number of aromatic nitrogens is 3. The molecular weight excluding hydrogens is 256 g/mol. The molecule has 0 atom stereocenters. The van der Waals surface area contributed by atoms with E-state index in [1.165, 1.54) is 10.9 Å². The molecule has 1 aromatic carbocycles. The normalized spacial score (nSPS) is 10.4. The van der Waals surface area contributed by atoms with Crippen molar-refractivity contribution >= 4 is 5.69 Å². The molecule has 3 rings (SSSR count). The quantitative estimate of drug-likeness (QED) is 0.539. The molecule has 20 heavy (non-hydrogen) atoms. The Kier molecular flexibility index (Phi) is 2.96. The van der Waals surface area contributed by atoms with E-state index in [0.717, 1.165) is 5.56 Å². The van der Waals surface area contributed by atoms with Gasteiger partial charge in [-0.2, -0.15) is 5.10 Å². The van der Waals surface area contributed by atoms with E-state index >= 15 is 0 Å². The van der Waals surface area contributed by atoms with Crippen molar-refractivity contribution in [2.45, 2.75) is 0 Å². The molecule has 0 N–H and O–H groups in total. The largest absolute Gasteiger partial charge is 0.315 e. The van der Waals surface area contributed by atoms with Gasteiger partial charge in [-0.1, -0.05) is 36.4 Å². The lowest BCUT2D eigenvalue weighted by atomic mass is 10.1. The number of benzene rings is 1. The standard InChI is InChI=1S/C14H10N4O2/c19-18(20)12-10-16-17(13-8-4-5-9-15-13)14(12)11-6-2-1-3-7-11/h1-10H. The van der Waals surface area contributed by atoms with Crippen LogP contribution in [0.5, 0.6) is 0 Å². The molecule has 0 aliphatic carbocycles. The van der Waals surface area contributed by atoms with Gasteiger partial charge in [0.15, 0.2) is 11.5 Å². The number of nitro groups is 1. The summed E-state index contributed by atoms with van der Waals surface area (Å²) in [4.78, 5) is 14.9. The van der Waals surface area contributed by atoms with E-state index in [1.807, 2.05) is 36.4 Å². The maximum Gasteiger partial charge on any atom is 0.315 e. The summed E-state index contributed by atoms with van der Waals surface area (Å²) in [6, 6.07) is 14.5. The van der Waals surface area contributed by atoms with E-state index in [4.69, 9.17) is 0 Å². The molecular formula is C14H10N4O2. The molecule has 0 bridgehead atoms. The number of rotatable bonds is 3. The van der Waals surface area contributed by atoms with Gasteiger partial charge in [-0.05, 0) is 12.1 Å². The maximum atomic E-state index is 11.2. The Hall–Kier alpha value is -3.02. The first kappa shape index (κ1) is 12.0. The summed E-state index contributed by atoms with van der Waals surface area (Å²) in [7, 11) is 0.